The van der Waals surface area contributed by atoms with Crippen molar-refractivity contribution in [3.05, 3.63) is 47.1 Å². The Bertz CT molecular complexity index is 534. The smallest absolute Gasteiger partial charge is 0.255 e. The van der Waals surface area contributed by atoms with Crippen molar-refractivity contribution in [2.24, 2.45) is 0 Å². The van der Waals surface area contributed by atoms with Crippen molar-refractivity contribution in [3.63, 3.8) is 0 Å². The molecular formula is C13H14N2O2. The van der Waals surface area contributed by atoms with E-state index in [1.165, 1.54) is 11.1 Å². The van der Waals surface area contributed by atoms with Gasteiger partial charge in [0.25, 0.3) is 5.89 Å². The van der Waals surface area contributed by atoms with Gasteiger partial charge in [-0.2, -0.15) is 4.98 Å². The van der Waals surface area contributed by atoms with Crippen molar-refractivity contribution in [2.75, 3.05) is 0 Å². The average Bonchev–Trinajstić information content (AvgIpc) is 2.95. The molecule has 3 rings (SSSR count). The van der Waals surface area contributed by atoms with Crippen LogP contribution in [0.15, 0.2) is 28.8 Å². The molecule has 1 heterocycles. The molecule has 2 aromatic rings. The Hall–Kier alpha value is -1.68. The largest absolute Gasteiger partial charge is 0.384 e. The predicted octanol–water partition coefficient (Wildman–Crippen LogP) is 2.20. The van der Waals surface area contributed by atoms with Crippen molar-refractivity contribution in [1.29, 1.82) is 0 Å². The standard InChI is InChI=1S/C13H14N2O2/c1-8(16)13-14-12(15-17-13)11-7-6-9-4-2-3-5-10(9)11/h2-5,8,11,16H,6-7H2,1H3. The summed E-state index contributed by atoms with van der Waals surface area (Å²) in [6.07, 6.45) is 1.37. The zero-order valence-electron chi connectivity index (χ0n) is 9.63. The second kappa shape index (κ2) is 3.96. The van der Waals surface area contributed by atoms with E-state index in [1.807, 2.05) is 6.07 Å². The molecule has 0 bridgehead atoms. The molecule has 0 radical (unpaired) electrons. The summed E-state index contributed by atoms with van der Waals surface area (Å²) in [5.41, 5.74) is 2.64. The molecule has 1 aromatic heterocycles. The van der Waals surface area contributed by atoms with Crippen LogP contribution < -0.4 is 0 Å². The number of aliphatic hydroxyl groups excluding tert-OH is 1. The van der Waals surface area contributed by atoms with Crippen LogP contribution in [-0.2, 0) is 6.42 Å². The van der Waals surface area contributed by atoms with Gasteiger partial charge in [-0.15, -0.1) is 0 Å². The van der Waals surface area contributed by atoms with Gasteiger partial charge in [-0.1, -0.05) is 29.4 Å². The van der Waals surface area contributed by atoms with E-state index in [1.54, 1.807) is 6.92 Å². The third-order valence-corrected chi connectivity index (χ3v) is 3.26. The van der Waals surface area contributed by atoms with Gasteiger partial charge in [0.05, 0.1) is 0 Å². The van der Waals surface area contributed by atoms with Gasteiger partial charge in [-0.3, -0.25) is 0 Å². The highest BCUT2D eigenvalue weighted by molar-refractivity contribution is 5.38. The predicted molar refractivity (Wildman–Crippen MR) is 61.5 cm³/mol. The van der Waals surface area contributed by atoms with E-state index in [-0.39, 0.29) is 5.92 Å². The molecule has 1 aliphatic rings. The molecule has 4 heteroatoms. The van der Waals surface area contributed by atoms with Gasteiger partial charge in [0.15, 0.2) is 5.82 Å². The van der Waals surface area contributed by atoms with E-state index in [0.29, 0.717) is 11.7 Å². The molecule has 4 nitrogen and oxygen atoms in total. The van der Waals surface area contributed by atoms with E-state index in [0.717, 1.165) is 12.8 Å². The highest BCUT2D eigenvalue weighted by Gasteiger charge is 2.28. The quantitative estimate of drug-likeness (QED) is 0.859. The van der Waals surface area contributed by atoms with Crippen LogP contribution in [0, 0.1) is 0 Å². The lowest BCUT2D eigenvalue weighted by atomic mass is 10.0. The molecule has 1 aliphatic carbocycles. The SMILES string of the molecule is CC(O)c1nc(C2CCc3ccccc32)no1. The van der Waals surface area contributed by atoms with Gasteiger partial charge in [0.1, 0.15) is 6.10 Å². The van der Waals surface area contributed by atoms with E-state index >= 15 is 0 Å². The Morgan fingerprint density at radius 3 is 3.00 bits per heavy atom. The summed E-state index contributed by atoms with van der Waals surface area (Å²) in [7, 11) is 0. The van der Waals surface area contributed by atoms with Crippen molar-refractivity contribution < 1.29 is 9.63 Å². The fourth-order valence-corrected chi connectivity index (χ4v) is 2.38. The molecule has 2 atom stereocenters. The molecule has 1 N–H and O–H groups in total. The van der Waals surface area contributed by atoms with Crippen molar-refractivity contribution in [3.8, 4) is 0 Å². The molecule has 2 unspecified atom stereocenters. The maximum absolute atomic E-state index is 9.38. The molecule has 0 saturated carbocycles. The number of hydrogen-bond donors (Lipinski definition) is 1. The van der Waals surface area contributed by atoms with Gasteiger partial charge in [-0.05, 0) is 30.9 Å². The first-order chi connectivity index (χ1) is 8.25. The number of aryl methyl sites for hydroxylation is 1. The molecule has 88 valence electrons. The van der Waals surface area contributed by atoms with Crippen LogP contribution in [0.2, 0.25) is 0 Å². The molecule has 0 fully saturated rings. The number of rotatable bonds is 2. The Morgan fingerprint density at radius 2 is 2.24 bits per heavy atom. The van der Waals surface area contributed by atoms with E-state index in [9.17, 15) is 5.11 Å². The minimum Gasteiger partial charge on any atom is -0.384 e. The number of fused-ring (bicyclic) bond motifs is 1. The molecule has 0 saturated heterocycles. The van der Waals surface area contributed by atoms with Gasteiger partial charge < -0.3 is 9.63 Å². The lowest BCUT2D eigenvalue weighted by Gasteiger charge is -2.05. The van der Waals surface area contributed by atoms with Crippen molar-refractivity contribution >= 4 is 0 Å². The Kier molecular flexibility index (Phi) is 2.44. The number of aliphatic hydroxyl groups is 1. The number of benzene rings is 1. The molecule has 1 aromatic carbocycles. The summed E-state index contributed by atoms with van der Waals surface area (Å²) >= 11 is 0. The number of nitrogens with zero attached hydrogens (tertiary/aromatic N) is 2. The first-order valence-electron chi connectivity index (χ1n) is 5.85. The van der Waals surface area contributed by atoms with Crippen LogP contribution in [0.4, 0.5) is 0 Å². The van der Waals surface area contributed by atoms with Crippen LogP contribution in [0.5, 0.6) is 0 Å². The molecule has 0 amide bonds. The van der Waals surface area contributed by atoms with Gasteiger partial charge in [0, 0.05) is 5.92 Å². The molecular weight excluding hydrogens is 216 g/mol. The summed E-state index contributed by atoms with van der Waals surface area (Å²) in [4.78, 5) is 4.26. The molecule has 0 spiro atoms. The monoisotopic (exact) mass is 230 g/mol. The van der Waals surface area contributed by atoms with E-state index in [4.69, 9.17) is 4.52 Å². The summed E-state index contributed by atoms with van der Waals surface area (Å²) in [5, 5.41) is 13.4. The Balaban J connectivity index is 1.95. The maximum Gasteiger partial charge on any atom is 0.255 e. The zero-order valence-corrected chi connectivity index (χ0v) is 9.63. The highest BCUT2D eigenvalue weighted by Crippen LogP contribution is 2.36. The minimum absolute atomic E-state index is 0.211. The summed E-state index contributed by atoms with van der Waals surface area (Å²) in [6.45, 7) is 1.62. The third kappa shape index (κ3) is 1.74. The number of hydrogen-bond acceptors (Lipinski definition) is 4. The van der Waals surface area contributed by atoms with Crippen molar-refractivity contribution in [1.82, 2.24) is 10.1 Å². The first kappa shape index (κ1) is 10.5. The first-order valence-corrected chi connectivity index (χ1v) is 5.85. The minimum atomic E-state index is -0.701. The Labute approximate surface area is 99.3 Å². The lowest BCUT2D eigenvalue weighted by molar-refractivity contribution is 0.151. The van der Waals surface area contributed by atoms with Gasteiger partial charge in [0.2, 0.25) is 0 Å². The van der Waals surface area contributed by atoms with E-state index < -0.39 is 6.10 Å². The van der Waals surface area contributed by atoms with Crippen LogP contribution in [0.3, 0.4) is 0 Å². The average molecular weight is 230 g/mol. The summed E-state index contributed by atoms with van der Waals surface area (Å²) in [5.74, 6) is 1.19. The van der Waals surface area contributed by atoms with Crippen LogP contribution in [0.1, 0.15) is 48.2 Å². The van der Waals surface area contributed by atoms with Crippen LogP contribution >= 0.6 is 0 Å². The zero-order chi connectivity index (χ0) is 11.8. The summed E-state index contributed by atoms with van der Waals surface area (Å²) < 4.78 is 5.04. The highest BCUT2D eigenvalue weighted by atomic mass is 16.5. The fourth-order valence-electron chi connectivity index (χ4n) is 2.38. The third-order valence-electron chi connectivity index (χ3n) is 3.26. The topological polar surface area (TPSA) is 59.2 Å². The number of aromatic nitrogens is 2. The second-order valence-electron chi connectivity index (χ2n) is 4.46. The van der Waals surface area contributed by atoms with E-state index in [2.05, 4.69) is 28.3 Å². The normalized spacial score (nSPS) is 20.2. The second-order valence-corrected chi connectivity index (χ2v) is 4.46. The lowest BCUT2D eigenvalue weighted by Crippen LogP contribution is -1.99. The maximum atomic E-state index is 9.38. The molecule has 0 aliphatic heterocycles. The Morgan fingerprint density at radius 1 is 1.41 bits per heavy atom. The van der Waals surface area contributed by atoms with Gasteiger partial charge >= 0.3 is 0 Å². The van der Waals surface area contributed by atoms with Crippen LogP contribution in [0.25, 0.3) is 0 Å². The van der Waals surface area contributed by atoms with Gasteiger partial charge in [-0.25, -0.2) is 0 Å². The van der Waals surface area contributed by atoms with Crippen molar-refractivity contribution in [2.45, 2.75) is 31.8 Å². The summed E-state index contributed by atoms with van der Waals surface area (Å²) in [6, 6.07) is 8.35. The van der Waals surface area contributed by atoms with Crippen LogP contribution in [-0.4, -0.2) is 15.2 Å². The fraction of sp³-hybridized carbons (Fsp3) is 0.385. The molecule has 17 heavy (non-hydrogen) atoms.